The normalized spacial score (nSPS) is 24.4. The largest absolute Gasteiger partial charge is 0.356 e. The predicted octanol–water partition coefficient (Wildman–Crippen LogP) is 2.17. The molecule has 0 spiro atoms. The molecule has 1 fully saturated rings. The van der Waals surface area contributed by atoms with Crippen LogP contribution in [0.5, 0.6) is 0 Å². The summed E-state index contributed by atoms with van der Waals surface area (Å²) in [6, 6.07) is 5.97. The maximum atomic E-state index is 11.6. The predicted molar refractivity (Wildman–Crippen MR) is 86.9 cm³/mol. The molecule has 1 aromatic carbocycles. The van der Waals surface area contributed by atoms with Crippen LogP contribution in [-0.4, -0.2) is 30.6 Å². The van der Waals surface area contributed by atoms with Gasteiger partial charge in [0.05, 0.1) is 17.0 Å². The molecule has 1 heterocycles. The average molecular weight is 312 g/mol. The van der Waals surface area contributed by atoms with Crippen molar-refractivity contribution in [1.29, 1.82) is 0 Å². The molecule has 0 bridgehead atoms. The van der Waals surface area contributed by atoms with E-state index in [9.17, 15) is 8.42 Å². The topological polar surface area (TPSA) is 58.2 Å². The molecule has 1 aromatic rings. The van der Waals surface area contributed by atoms with Gasteiger partial charge in [-0.2, -0.15) is 0 Å². The van der Waals surface area contributed by atoms with Crippen LogP contribution in [0.4, 0.5) is 5.69 Å². The minimum Gasteiger partial charge on any atom is -0.356 e. The van der Waals surface area contributed by atoms with E-state index in [0.29, 0.717) is 11.5 Å². The Balaban J connectivity index is 2.05. The second-order valence-corrected chi connectivity index (χ2v) is 8.32. The van der Waals surface area contributed by atoms with Crippen LogP contribution < -0.4 is 10.6 Å². The van der Waals surface area contributed by atoms with E-state index < -0.39 is 15.4 Å². The highest BCUT2D eigenvalue weighted by atomic mass is 32.2. The first-order valence-electron chi connectivity index (χ1n) is 6.57. The zero-order valence-corrected chi connectivity index (χ0v) is 13.6. The zero-order valence-electron chi connectivity index (χ0n) is 12.0. The SMILES string of the molecule is Cc1cccc(NC(=S)N[C@]2(C)CCS(=O)(=O)C2)c1C. The number of aryl methyl sites for hydroxylation is 1. The molecule has 2 N–H and O–H groups in total. The molecule has 6 heteroatoms. The molecular formula is C14H20N2O2S2. The Bertz CT molecular complexity index is 641. The maximum Gasteiger partial charge on any atom is 0.171 e. The fourth-order valence-electron chi connectivity index (χ4n) is 2.42. The van der Waals surface area contributed by atoms with Gasteiger partial charge in [-0.1, -0.05) is 12.1 Å². The summed E-state index contributed by atoms with van der Waals surface area (Å²) in [7, 11) is -2.94. The second kappa shape index (κ2) is 5.33. The first kappa shape index (κ1) is 15.3. The van der Waals surface area contributed by atoms with Crippen LogP contribution in [0, 0.1) is 13.8 Å². The summed E-state index contributed by atoms with van der Waals surface area (Å²) in [6.45, 7) is 5.97. The van der Waals surface area contributed by atoms with Crippen molar-refractivity contribution in [3.8, 4) is 0 Å². The Morgan fingerprint density at radius 1 is 1.35 bits per heavy atom. The molecule has 0 aliphatic carbocycles. The summed E-state index contributed by atoms with van der Waals surface area (Å²) < 4.78 is 23.2. The van der Waals surface area contributed by atoms with E-state index in [2.05, 4.69) is 10.6 Å². The summed E-state index contributed by atoms with van der Waals surface area (Å²) in [5.74, 6) is 0.358. The molecule has 0 amide bonds. The van der Waals surface area contributed by atoms with E-state index in [-0.39, 0.29) is 11.5 Å². The first-order valence-corrected chi connectivity index (χ1v) is 8.80. The summed E-state index contributed by atoms with van der Waals surface area (Å²) in [5, 5.41) is 6.77. The van der Waals surface area contributed by atoms with E-state index in [1.807, 2.05) is 39.0 Å². The number of hydrogen-bond acceptors (Lipinski definition) is 3. The quantitative estimate of drug-likeness (QED) is 0.820. The molecule has 0 aromatic heterocycles. The van der Waals surface area contributed by atoms with Crippen molar-refractivity contribution in [3.05, 3.63) is 29.3 Å². The average Bonchev–Trinajstić information content (AvgIpc) is 2.59. The molecule has 1 saturated heterocycles. The highest BCUT2D eigenvalue weighted by Crippen LogP contribution is 2.23. The molecule has 2 rings (SSSR count). The Hall–Kier alpha value is -1.14. The van der Waals surface area contributed by atoms with Gasteiger partial charge in [0.2, 0.25) is 0 Å². The molecular weight excluding hydrogens is 292 g/mol. The number of anilines is 1. The Labute approximate surface area is 125 Å². The van der Waals surface area contributed by atoms with E-state index in [0.717, 1.165) is 11.3 Å². The lowest BCUT2D eigenvalue weighted by atomic mass is 10.0. The van der Waals surface area contributed by atoms with Crippen molar-refractivity contribution < 1.29 is 8.42 Å². The Morgan fingerprint density at radius 2 is 2.05 bits per heavy atom. The third kappa shape index (κ3) is 3.49. The molecule has 4 nitrogen and oxygen atoms in total. The first-order chi connectivity index (χ1) is 9.21. The highest BCUT2D eigenvalue weighted by molar-refractivity contribution is 7.91. The van der Waals surface area contributed by atoms with Crippen LogP contribution in [0.2, 0.25) is 0 Å². The second-order valence-electron chi connectivity index (χ2n) is 5.73. The summed E-state index contributed by atoms with van der Waals surface area (Å²) in [5.41, 5.74) is 2.81. The van der Waals surface area contributed by atoms with Gasteiger partial charge in [0.25, 0.3) is 0 Å². The fourth-order valence-corrected chi connectivity index (χ4v) is 4.87. The van der Waals surface area contributed by atoms with E-state index in [1.54, 1.807) is 0 Å². The molecule has 0 unspecified atom stereocenters. The molecule has 0 radical (unpaired) electrons. The van der Waals surface area contributed by atoms with Crippen LogP contribution >= 0.6 is 12.2 Å². The fraction of sp³-hybridized carbons (Fsp3) is 0.500. The Kier molecular flexibility index (Phi) is 4.07. The molecule has 1 atom stereocenters. The van der Waals surface area contributed by atoms with Gasteiger partial charge >= 0.3 is 0 Å². The van der Waals surface area contributed by atoms with Gasteiger partial charge in [-0.15, -0.1) is 0 Å². The zero-order chi connectivity index (χ0) is 15.0. The summed E-state index contributed by atoms with van der Waals surface area (Å²) in [4.78, 5) is 0. The van der Waals surface area contributed by atoms with Crippen molar-refractivity contribution >= 4 is 32.9 Å². The van der Waals surface area contributed by atoms with Gasteiger partial charge in [-0.25, -0.2) is 8.42 Å². The van der Waals surface area contributed by atoms with Crippen molar-refractivity contribution in [3.63, 3.8) is 0 Å². The molecule has 110 valence electrons. The summed E-state index contributed by atoms with van der Waals surface area (Å²) >= 11 is 5.31. The van der Waals surface area contributed by atoms with Crippen molar-refractivity contribution in [2.75, 3.05) is 16.8 Å². The minimum atomic E-state index is -2.94. The van der Waals surface area contributed by atoms with Crippen molar-refractivity contribution in [2.24, 2.45) is 0 Å². The number of hydrogen-bond donors (Lipinski definition) is 2. The maximum absolute atomic E-state index is 11.6. The van der Waals surface area contributed by atoms with Crippen LogP contribution in [0.3, 0.4) is 0 Å². The van der Waals surface area contributed by atoms with Crippen molar-refractivity contribution in [2.45, 2.75) is 32.7 Å². The van der Waals surface area contributed by atoms with Crippen LogP contribution in [0.25, 0.3) is 0 Å². The van der Waals surface area contributed by atoms with Crippen LogP contribution in [0.1, 0.15) is 24.5 Å². The Morgan fingerprint density at radius 3 is 2.65 bits per heavy atom. The highest BCUT2D eigenvalue weighted by Gasteiger charge is 2.38. The number of thiocarbonyl (C=S) groups is 1. The van der Waals surface area contributed by atoms with Crippen molar-refractivity contribution in [1.82, 2.24) is 5.32 Å². The number of benzene rings is 1. The van der Waals surface area contributed by atoms with Gasteiger partial charge in [-0.05, 0) is 56.6 Å². The van der Waals surface area contributed by atoms with Crippen LogP contribution in [0.15, 0.2) is 18.2 Å². The lowest BCUT2D eigenvalue weighted by molar-refractivity contribution is 0.474. The number of sulfone groups is 1. The van der Waals surface area contributed by atoms with Gasteiger partial charge in [0.1, 0.15) is 0 Å². The van der Waals surface area contributed by atoms with E-state index in [1.165, 1.54) is 5.56 Å². The van der Waals surface area contributed by atoms with Gasteiger partial charge in [0.15, 0.2) is 14.9 Å². The van der Waals surface area contributed by atoms with E-state index >= 15 is 0 Å². The number of rotatable bonds is 2. The molecule has 1 aliphatic heterocycles. The number of nitrogens with one attached hydrogen (secondary N) is 2. The molecule has 0 saturated carbocycles. The third-order valence-corrected chi connectivity index (χ3v) is 5.88. The smallest absolute Gasteiger partial charge is 0.171 e. The summed E-state index contributed by atoms with van der Waals surface area (Å²) in [6.07, 6.45) is 0.587. The lowest BCUT2D eigenvalue weighted by Gasteiger charge is -2.26. The molecule has 20 heavy (non-hydrogen) atoms. The van der Waals surface area contributed by atoms with Gasteiger partial charge in [0, 0.05) is 5.69 Å². The minimum absolute atomic E-state index is 0.134. The standard InChI is InChI=1S/C14H20N2O2S2/c1-10-5-4-6-12(11(10)2)15-13(19)16-14(3)7-8-20(17,18)9-14/h4-6H,7-9H2,1-3H3,(H2,15,16,19)/t14-/m1/s1. The monoisotopic (exact) mass is 312 g/mol. The van der Waals surface area contributed by atoms with Gasteiger partial charge in [-0.3, -0.25) is 0 Å². The molecule has 1 aliphatic rings. The van der Waals surface area contributed by atoms with E-state index in [4.69, 9.17) is 12.2 Å². The third-order valence-electron chi connectivity index (χ3n) is 3.77. The van der Waals surface area contributed by atoms with Crippen LogP contribution in [-0.2, 0) is 9.84 Å². The van der Waals surface area contributed by atoms with Gasteiger partial charge < -0.3 is 10.6 Å². The lowest BCUT2D eigenvalue weighted by Crippen LogP contribution is -2.48.